The molecule has 3 aliphatic heterocycles. The van der Waals surface area contributed by atoms with Gasteiger partial charge in [-0.05, 0) is 48.2 Å². The number of hydrogen-bond acceptors (Lipinski definition) is 6. The van der Waals surface area contributed by atoms with E-state index in [1.165, 1.54) is 0 Å². The van der Waals surface area contributed by atoms with Crippen molar-refractivity contribution >= 4 is 5.97 Å². The van der Waals surface area contributed by atoms with Crippen molar-refractivity contribution in [1.29, 1.82) is 0 Å². The Morgan fingerprint density at radius 1 is 0.731 bits per heavy atom. The van der Waals surface area contributed by atoms with Gasteiger partial charge in [0, 0.05) is 5.92 Å². The van der Waals surface area contributed by atoms with Crippen LogP contribution in [0.15, 0.2) is 36.4 Å². The van der Waals surface area contributed by atoms with Gasteiger partial charge in [-0.3, -0.25) is 4.79 Å². The molecule has 0 radical (unpaired) electrons. The Kier molecular flexibility index (Phi) is 3.62. The second kappa shape index (κ2) is 6.12. The Morgan fingerprint density at radius 2 is 1.31 bits per heavy atom. The number of carbonyl (C=O) groups is 1. The maximum absolute atomic E-state index is 12.3. The molecule has 6 heteroatoms. The first-order valence-corrected chi connectivity index (χ1v) is 8.70. The summed E-state index contributed by atoms with van der Waals surface area (Å²) in [5, 5.41) is 0. The third-order valence-electron chi connectivity index (χ3n) is 5.14. The molecule has 0 N–H and O–H groups in total. The number of esters is 1. The average molecular weight is 354 g/mol. The summed E-state index contributed by atoms with van der Waals surface area (Å²) in [6.45, 7) is 0.954. The lowest BCUT2D eigenvalue weighted by atomic mass is 9.85. The Hall–Kier alpha value is -2.89. The summed E-state index contributed by atoms with van der Waals surface area (Å²) in [6, 6.07) is 11.8. The van der Waals surface area contributed by atoms with Crippen molar-refractivity contribution in [2.45, 2.75) is 12.8 Å². The number of rotatable bonds is 4. The quantitative estimate of drug-likeness (QED) is 0.787. The van der Waals surface area contributed by atoms with Crippen molar-refractivity contribution in [3.8, 4) is 23.0 Å². The molecular weight excluding hydrogens is 336 g/mol. The van der Waals surface area contributed by atoms with Crippen molar-refractivity contribution in [2.75, 3.05) is 20.2 Å². The molecule has 6 nitrogen and oxygen atoms in total. The zero-order valence-corrected chi connectivity index (χ0v) is 14.1. The number of hydrogen-bond donors (Lipinski definition) is 0. The van der Waals surface area contributed by atoms with Gasteiger partial charge in [0.05, 0.1) is 12.5 Å². The lowest BCUT2D eigenvalue weighted by molar-refractivity contribution is -0.141. The summed E-state index contributed by atoms with van der Waals surface area (Å²) < 4.78 is 26.9. The van der Waals surface area contributed by atoms with Crippen LogP contribution in [-0.2, 0) is 22.4 Å². The molecule has 0 bridgehead atoms. The molecule has 0 amide bonds. The normalized spacial score (nSPS) is 22.5. The zero-order valence-electron chi connectivity index (χ0n) is 14.1. The Morgan fingerprint density at radius 3 is 1.96 bits per heavy atom. The second-order valence-corrected chi connectivity index (χ2v) is 6.78. The highest BCUT2D eigenvalue weighted by Gasteiger charge is 2.37. The first kappa shape index (κ1) is 15.4. The van der Waals surface area contributed by atoms with Crippen LogP contribution in [0.1, 0.15) is 11.1 Å². The molecule has 3 heterocycles. The fourth-order valence-electron chi connectivity index (χ4n) is 3.75. The number of benzene rings is 2. The SMILES string of the molecule is O=C1OC[C@H](Cc2ccc3c(c2)OCO3)C1Cc1ccc2c(c1)OCO2. The maximum atomic E-state index is 12.3. The highest BCUT2D eigenvalue weighted by Crippen LogP contribution is 2.37. The molecule has 0 aromatic heterocycles. The minimum absolute atomic E-state index is 0.131. The molecule has 1 saturated heterocycles. The lowest BCUT2D eigenvalue weighted by Crippen LogP contribution is -2.20. The first-order chi connectivity index (χ1) is 12.8. The summed E-state index contributed by atoms with van der Waals surface area (Å²) in [6.07, 6.45) is 1.39. The molecule has 0 spiro atoms. The van der Waals surface area contributed by atoms with Crippen LogP contribution in [0.2, 0.25) is 0 Å². The molecule has 2 aromatic carbocycles. The fourth-order valence-corrected chi connectivity index (χ4v) is 3.75. The number of ether oxygens (including phenoxy) is 5. The van der Waals surface area contributed by atoms with Gasteiger partial charge in [0.1, 0.15) is 0 Å². The molecule has 1 unspecified atom stereocenters. The second-order valence-electron chi connectivity index (χ2n) is 6.78. The average Bonchev–Trinajstić information content (AvgIpc) is 3.37. The number of cyclic esters (lactones) is 1. The van der Waals surface area contributed by atoms with Crippen LogP contribution >= 0.6 is 0 Å². The Balaban J connectivity index is 1.33. The topological polar surface area (TPSA) is 63.2 Å². The van der Waals surface area contributed by atoms with Gasteiger partial charge in [-0.2, -0.15) is 0 Å². The molecule has 134 valence electrons. The van der Waals surface area contributed by atoms with E-state index in [0.29, 0.717) is 13.0 Å². The molecule has 5 rings (SSSR count). The smallest absolute Gasteiger partial charge is 0.309 e. The molecule has 3 aliphatic rings. The van der Waals surface area contributed by atoms with Crippen molar-refractivity contribution in [3.05, 3.63) is 47.5 Å². The third-order valence-corrected chi connectivity index (χ3v) is 5.14. The Labute approximate surface area is 150 Å². The van der Waals surface area contributed by atoms with Crippen LogP contribution < -0.4 is 18.9 Å². The summed E-state index contributed by atoms with van der Waals surface area (Å²) in [7, 11) is 0. The van der Waals surface area contributed by atoms with Crippen LogP contribution in [0.3, 0.4) is 0 Å². The maximum Gasteiger partial charge on any atom is 0.309 e. The first-order valence-electron chi connectivity index (χ1n) is 8.70. The van der Waals surface area contributed by atoms with E-state index in [0.717, 1.165) is 40.5 Å². The standard InChI is InChI=1S/C20H18O6/c21-20-15(6-13-2-4-17-19(8-13)26-11-24-17)14(9-22-20)5-12-1-3-16-18(7-12)25-10-23-16/h1-4,7-8,14-15H,5-6,9-11H2/t14-,15?/m0/s1. The van der Waals surface area contributed by atoms with E-state index >= 15 is 0 Å². The van der Waals surface area contributed by atoms with Crippen molar-refractivity contribution in [1.82, 2.24) is 0 Å². The molecule has 1 fully saturated rings. The highest BCUT2D eigenvalue weighted by atomic mass is 16.7. The van der Waals surface area contributed by atoms with Crippen LogP contribution in [-0.4, -0.2) is 26.2 Å². The van der Waals surface area contributed by atoms with Gasteiger partial charge in [0.15, 0.2) is 23.0 Å². The fraction of sp³-hybridized carbons (Fsp3) is 0.350. The molecule has 26 heavy (non-hydrogen) atoms. The van der Waals surface area contributed by atoms with E-state index in [9.17, 15) is 4.79 Å². The number of carbonyl (C=O) groups excluding carboxylic acids is 1. The van der Waals surface area contributed by atoms with Crippen LogP contribution in [0.25, 0.3) is 0 Å². The molecule has 0 saturated carbocycles. The van der Waals surface area contributed by atoms with Gasteiger partial charge in [0.2, 0.25) is 13.6 Å². The predicted molar refractivity (Wildman–Crippen MR) is 90.5 cm³/mol. The van der Waals surface area contributed by atoms with Gasteiger partial charge in [-0.25, -0.2) is 0 Å². The predicted octanol–water partition coefficient (Wildman–Crippen LogP) is 2.72. The molecule has 2 aromatic rings. The summed E-state index contributed by atoms with van der Waals surface area (Å²) in [5.74, 6) is 2.85. The van der Waals surface area contributed by atoms with E-state index in [4.69, 9.17) is 23.7 Å². The van der Waals surface area contributed by atoms with Crippen molar-refractivity contribution < 1.29 is 28.5 Å². The number of fused-ring (bicyclic) bond motifs is 2. The van der Waals surface area contributed by atoms with Crippen LogP contribution in [0, 0.1) is 11.8 Å². The molecule has 0 aliphatic carbocycles. The van der Waals surface area contributed by atoms with Gasteiger partial charge >= 0.3 is 5.97 Å². The van der Waals surface area contributed by atoms with Gasteiger partial charge in [-0.15, -0.1) is 0 Å². The Bertz CT molecular complexity index is 861. The minimum atomic E-state index is -0.166. The van der Waals surface area contributed by atoms with Gasteiger partial charge in [-0.1, -0.05) is 12.1 Å². The monoisotopic (exact) mass is 354 g/mol. The molecule has 2 atom stereocenters. The largest absolute Gasteiger partial charge is 0.465 e. The van der Waals surface area contributed by atoms with E-state index in [-0.39, 0.29) is 31.4 Å². The van der Waals surface area contributed by atoms with Gasteiger partial charge in [0.25, 0.3) is 0 Å². The van der Waals surface area contributed by atoms with Crippen LogP contribution in [0.4, 0.5) is 0 Å². The van der Waals surface area contributed by atoms with E-state index < -0.39 is 0 Å². The lowest BCUT2D eigenvalue weighted by Gasteiger charge is -2.16. The summed E-state index contributed by atoms with van der Waals surface area (Å²) in [5.41, 5.74) is 2.17. The van der Waals surface area contributed by atoms with Crippen molar-refractivity contribution in [3.63, 3.8) is 0 Å². The van der Waals surface area contributed by atoms with E-state index in [2.05, 4.69) is 0 Å². The summed E-state index contributed by atoms with van der Waals surface area (Å²) in [4.78, 5) is 12.3. The minimum Gasteiger partial charge on any atom is -0.465 e. The third kappa shape index (κ3) is 2.71. The van der Waals surface area contributed by atoms with Gasteiger partial charge < -0.3 is 23.7 Å². The highest BCUT2D eigenvalue weighted by molar-refractivity contribution is 5.75. The zero-order chi connectivity index (χ0) is 17.5. The van der Waals surface area contributed by atoms with E-state index in [1.807, 2.05) is 36.4 Å². The van der Waals surface area contributed by atoms with E-state index in [1.54, 1.807) is 0 Å². The summed E-state index contributed by atoms with van der Waals surface area (Å²) >= 11 is 0. The van der Waals surface area contributed by atoms with Crippen molar-refractivity contribution in [2.24, 2.45) is 11.8 Å². The molecular formula is C20H18O6. The van der Waals surface area contributed by atoms with Crippen LogP contribution in [0.5, 0.6) is 23.0 Å².